The van der Waals surface area contributed by atoms with Gasteiger partial charge in [0.1, 0.15) is 29.5 Å². The lowest BCUT2D eigenvalue weighted by Gasteiger charge is -2.06. The number of hydrogen-bond acceptors (Lipinski definition) is 7. The van der Waals surface area contributed by atoms with Gasteiger partial charge in [0.05, 0.1) is 4.92 Å². The maximum absolute atomic E-state index is 11.0. The molecule has 21 heavy (non-hydrogen) atoms. The third kappa shape index (κ3) is 3.31. The van der Waals surface area contributed by atoms with E-state index in [1.54, 1.807) is 6.07 Å². The largest absolute Gasteiger partial charge is 0.477 e. The van der Waals surface area contributed by atoms with E-state index in [0.29, 0.717) is 0 Å². The Bertz CT molecular complexity index is 760. The second kappa shape index (κ2) is 6.32. The molecule has 2 N–H and O–H groups in total. The normalized spacial score (nSPS) is 8.62. The number of hydrogen-bond donors (Lipinski definition) is 2. The van der Waals surface area contributed by atoms with Crippen molar-refractivity contribution in [3.63, 3.8) is 0 Å². The van der Waals surface area contributed by atoms with Gasteiger partial charge in [0.2, 0.25) is 0 Å². The van der Waals surface area contributed by atoms with Crippen LogP contribution in [0, 0.1) is 44.1 Å². The number of carboxylic acids is 1. The minimum Gasteiger partial charge on any atom is -0.477 e. The summed E-state index contributed by atoms with van der Waals surface area (Å²) in [6.45, 7) is 0. The van der Waals surface area contributed by atoms with E-state index in [9.17, 15) is 14.9 Å². The second-order valence-electron chi connectivity index (χ2n) is 3.50. The van der Waals surface area contributed by atoms with Crippen LogP contribution in [0.5, 0.6) is 0 Å². The number of nitrogens with zero attached hydrogens (tertiary/aromatic N) is 4. The maximum Gasteiger partial charge on any atom is 0.342 e. The lowest BCUT2D eigenvalue weighted by Crippen LogP contribution is -2.06. The smallest absolute Gasteiger partial charge is 0.342 e. The number of nitro benzene ring substituents is 1. The van der Waals surface area contributed by atoms with Gasteiger partial charge in [-0.15, -0.1) is 0 Å². The summed E-state index contributed by atoms with van der Waals surface area (Å²) < 4.78 is 0. The number of benzene rings is 1. The zero-order chi connectivity index (χ0) is 16.0. The molecule has 1 aromatic rings. The molecule has 0 atom stereocenters. The highest BCUT2D eigenvalue weighted by Crippen LogP contribution is 2.23. The zero-order valence-corrected chi connectivity index (χ0v) is 10.2. The Kier molecular flexibility index (Phi) is 4.56. The minimum atomic E-state index is -1.52. The number of nitro groups is 1. The molecule has 0 aliphatic rings. The van der Waals surface area contributed by atoms with E-state index in [-0.39, 0.29) is 11.4 Å². The third-order valence-corrected chi connectivity index (χ3v) is 2.28. The quantitative estimate of drug-likeness (QED) is 0.477. The van der Waals surface area contributed by atoms with Crippen LogP contribution in [-0.2, 0) is 0 Å². The van der Waals surface area contributed by atoms with E-state index in [4.69, 9.17) is 20.9 Å². The van der Waals surface area contributed by atoms with Crippen molar-refractivity contribution < 1.29 is 14.8 Å². The van der Waals surface area contributed by atoms with Gasteiger partial charge < -0.3 is 10.4 Å². The summed E-state index contributed by atoms with van der Waals surface area (Å²) in [5.74, 6) is -1.52. The summed E-state index contributed by atoms with van der Waals surface area (Å²) in [4.78, 5) is 20.8. The Balaban J connectivity index is 3.34. The molecule has 0 aromatic heterocycles. The van der Waals surface area contributed by atoms with Crippen LogP contribution in [0.15, 0.2) is 29.5 Å². The summed E-state index contributed by atoms with van der Waals surface area (Å²) in [5, 5.41) is 48.2. The lowest BCUT2D eigenvalue weighted by atomic mass is 10.1. The Morgan fingerprint density at radius 1 is 1.24 bits per heavy atom. The molecular formula is C12H5N5O4. The van der Waals surface area contributed by atoms with Crippen LogP contribution in [0.2, 0.25) is 0 Å². The average molecular weight is 283 g/mol. The molecule has 0 spiro atoms. The summed E-state index contributed by atoms with van der Waals surface area (Å²) in [5.41, 5.74) is -2.05. The Labute approximate surface area is 117 Å². The summed E-state index contributed by atoms with van der Waals surface area (Å²) >= 11 is 0. The van der Waals surface area contributed by atoms with Crippen LogP contribution in [0.1, 0.15) is 10.4 Å². The molecule has 0 aliphatic carbocycles. The molecule has 0 heterocycles. The van der Waals surface area contributed by atoms with Crippen LogP contribution in [-0.4, -0.2) is 16.0 Å². The fourth-order valence-corrected chi connectivity index (χ4v) is 1.37. The number of nitrogens with one attached hydrogen (secondary N) is 1. The van der Waals surface area contributed by atoms with E-state index in [2.05, 4.69) is 5.32 Å². The van der Waals surface area contributed by atoms with Crippen molar-refractivity contribution in [3.05, 3.63) is 45.1 Å². The number of anilines is 1. The Morgan fingerprint density at radius 3 is 2.29 bits per heavy atom. The predicted molar refractivity (Wildman–Crippen MR) is 67.5 cm³/mol. The predicted octanol–water partition coefficient (Wildman–Crippen LogP) is 1.53. The Hall–Kier alpha value is -3.90. The summed E-state index contributed by atoms with van der Waals surface area (Å²) in [6.07, 6.45) is 0. The molecule has 1 rings (SSSR count). The minimum absolute atomic E-state index is 0.0255. The second-order valence-corrected chi connectivity index (χ2v) is 3.50. The molecule has 0 radical (unpaired) electrons. The standard InChI is InChI=1S/C12H5N5O4/c13-4-7(5-14)10(6-15)16-8-1-2-11(17(20)21)9(3-8)12(18)19/h1-3,16H,(H,18,19). The first-order chi connectivity index (χ1) is 9.94. The SMILES string of the molecule is N#CC(C#N)=C(C#N)Nc1ccc([N+](=O)[O-])c(C(=O)O)c1. The van der Waals surface area contributed by atoms with E-state index >= 15 is 0 Å². The molecule has 0 aliphatic heterocycles. The highest BCUT2D eigenvalue weighted by Gasteiger charge is 2.20. The fourth-order valence-electron chi connectivity index (χ4n) is 1.37. The maximum atomic E-state index is 11.0. The molecular weight excluding hydrogens is 278 g/mol. The number of nitriles is 3. The van der Waals surface area contributed by atoms with Crippen LogP contribution < -0.4 is 5.32 Å². The van der Waals surface area contributed by atoms with Crippen molar-refractivity contribution in [1.82, 2.24) is 0 Å². The van der Waals surface area contributed by atoms with Gasteiger partial charge in [-0.3, -0.25) is 10.1 Å². The van der Waals surface area contributed by atoms with E-state index < -0.39 is 27.7 Å². The number of allylic oxidation sites excluding steroid dienone is 2. The highest BCUT2D eigenvalue weighted by molar-refractivity contribution is 5.93. The third-order valence-electron chi connectivity index (χ3n) is 2.28. The number of rotatable bonds is 4. The Morgan fingerprint density at radius 2 is 1.86 bits per heavy atom. The van der Waals surface area contributed by atoms with Gasteiger partial charge in [-0.25, -0.2) is 4.79 Å². The van der Waals surface area contributed by atoms with Gasteiger partial charge in [-0.2, -0.15) is 15.8 Å². The number of aromatic carboxylic acids is 1. The molecule has 0 bridgehead atoms. The number of carbonyl (C=O) groups is 1. The molecule has 0 saturated heterocycles. The lowest BCUT2D eigenvalue weighted by molar-refractivity contribution is -0.385. The van der Waals surface area contributed by atoms with Crippen molar-refractivity contribution in [2.75, 3.05) is 5.32 Å². The van der Waals surface area contributed by atoms with Gasteiger partial charge >= 0.3 is 5.97 Å². The van der Waals surface area contributed by atoms with Crippen LogP contribution >= 0.6 is 0 Å². The van der Waals surface area contributed by atoms with Crippen molar-refractivity contribution in [2.24, 2.45) is 0 Å². The monoisotopic (exact) mass is 283 g/mol. The van der Waals surface area contributed by atoms with Crippen LogP contribution in [0.3, 0.4) is 0 Å². The van der Waals surface area contributed by atoms with Crippen LogP contribution in [0.25, 0.3) is 0 Å². The molecule has 0 fully saturated rings. The van der Waals surface area contributed by atoms with Gasteiger partial charge in [-0.05, 0) is 12.1 Å². The fraction of sp³-hybridized carbons (Fsp3) is 0. The van der Waals surface area contributed by atoms with E-state index in [1.165, 1.54) is 12.1 Å². The topological polar surface area (TPSA) is 164 Å². The zero-order valence-electron chi connectivity index (χ0n) is 10.2. The number of carboxylic acid groups (broad SMARTS) is 1. The first-order valence-corrected chi connectivity index (χ1v) is 5.18. The van der Waals surface area contributed by atoms with E-state index in [0.717, 1.165) is 18.2 Å². The van der Waals surface area contributed by atoms with Crippen molar-refractivity contribution in [1.29, 1.82) is 15.8 Å². The van der Waals surface area contributed by atoms with Crippen LogP contribution in [0.4, 0.5) is 11.4 Å². The van der Waals surface area contributed by atoms with Gasteiger partial charge in [-0.1, -0.05) is 0 Å². The van der Waals surface area contributed by atoms with Gasteiger partial charge in [0.15, 0.2) is 5.57 Å². The first kappa shape index (κ1) is 15.2. The molecule has 0 amide bonds. The summed E-state index contributed by atoms with van der Waals surface area (Å²) in [6, 6.07) is 7.62. The molecule has 0 saturated carbocycles. The van der Waals surface area contributed by atoms with Crippen molar-refractivity contribution >= 4 is 17.3 Å². The molecule has 0 unspecified atom stereocenters. The molecule has 1 aromatic carbocycles. The molecule has 102 valence electrons. The summed E-state index contributed by atoms with van der Waals surface area (Å²) in [7, 11) is 0. The highest BCUT2D eigenvalue weighted by atomic mass is 16.6. The average Bonchev–Trinajstić information content (AvgIpc) is 2.46. The molecule has 9 heteroatoms. The van der Waals surface area contributed by atoms with Gasteiger partial charge in [0, 0.05) is 11.8 Å². The first-order valence-electron chi connectivity index (χ1n) is 5.18. The van der Waals surface area contributed by atoms with Gasteiger partial charge in [0.25, 0.3) is 5.69 Å². The van der Waals surface area contributed by atoms with E-state index in [1.807, 2.05) is 0 Å². The van der Waals surface area contributed by atoms with Crippen molar-refractivity contribution in [3.8, 4) is 18.2 Å². The van der Waals surface area contributed by atoms with Crippen molar-refractivity contribution in [2.45, 2.75) is 0 Å². The molecule has 9 nitrogen and oxygen atoms in total.